The van der Waals surface area contributed by atoms with Gasteiger partial charge in [-0.05, 0) is 12.1 Å². The monoisotopic (exact) mass is 370 g/mol. The van der Waals surface area contributed by atoms with Crippen molar-refractivity contribution in [2.24, 2.45) is 10.2 Å². The first-order valence-corrected chi connectivity index (χ1v) is 6.42. The predicted octanol–water partition coefficient (Wildman–Crippen LogP) is 4.67. The summed E-state index contributed by atoms with van der Waals surface area (Å²) in [6.07, 6.45) is -8.13. The minimum Gasteiger partial charge on any atom is -0.243 e. The van der Waals surface area contributed by atoms with Crippen LogP contribution >= 0.6 is 0 Å². The number of pyridine rings is 2. The standard InChI is InChI=1S/C14H4F6N6/c15-13(16,17)9-1-7(5-23-11(9)3-21)25-26-8-2-10(14(18,19)20)12(4-22)24-6-8/h1-2,5-6H. The van der Waals surface area contributed by atoms with Crippen LogP contribution in [0.15, 0.2) is 34.8 Å². The molecule has 0 spiro atoms. The van der Waals surface area contributed by atoms with Crippen LogP contribution < -0.4 is 0 Å². The Morgan fingerprint density at radius 1 is 0.731 bits per heavy atom. The summed E-state index contributed by atoms with van der Waals surface area (Å²) in [5.41, 5.74) is -5.34. The Morgan fingerprint density at radius 3 is 1.35 bits per heavy atom. The van der Waals surface area contributed by atoms with Crippen LogP contribution in [0.5, 0.6) is 0 Å². The van der Waals surface area contributed by atoms with E-state index in [1.807, 2.05) is 0 Å². The average molecular weight is 370 g/mol. The van der Waals surface area contributed by atoms with Gasteiger partial charge in [-0.3, -0.25) is 0 Å². The molecule has 0 atom stereocenters. The molecular formula is C14H4F6N6. The maximum Gasteiger partial charge on any atom is 0.419 e. The van der Waals surface area contributed by atoms with E-state index in [9.17, 15) is 26.3 Å². The molecular weight excluding hydrogens is 366 g/mol. The van der Waals surface area contributed by atoms with E-state index in [0.29, 0.717) is 12.1 Å². The molecule has 26 heavy (non-hydrogen) atoms. The van der Waals surface area contributed by atoms with Gasteiger partial charge in [-0.25, -0.2) is 9.97 Å². The smallest absolute Gasteiger partial charge is 0.243 e. The van der Waals surface area contributed by atoms with Crippen molar-refractivity contribution in [2.45, 2.75) is 12.4 Å². The van der Waals surface area contributed by atoms with Crippen molar-refractivity contribution in [3.8, 4) is 12.1 Å². The normalized spacial score (nSPS) is 12.0. The van der Waals surface area contributed by atoms with E-state index in [1.54, 1.807) is 0 Å². The van der Waals surface area contributed by atoms with Crippen LogP contribution in [-0.2, 0) is 12.4 Å². The molecule has 0 aliphatic heterocycles. The van der Waals surface area contributed by atoms with Crippen LogP contribution in [0.1, 0.15) is 22.5 Å². The van der Waals surface area contributed by atoms with Crippen molar-refractivity contribution in [1.29, 1.82) is 10.5 Å². The zero-order valence-corrected chi connectivity index (χ0v) is 12.3. The fourth-order valence-corrected chi connectivity index (χ4v) is 1.74. The molecule has 0 saturated carbocycles. The minimum atomic E-state index is -4.87. The summed E-state index contributed by atoms with van der Waals surface area (Å²) in [5.74, 6) is 0. The van der Waals surface area contributed by atoms with E-state index >= 15 is 0 Å². The molecule has 6 nitrogen and oxygen atoms in total. The molecule has 2 aromatic rings. The van der Waals surface area contributed by atoms with Gasteiger partial charge < -0.3 is 0 Å². The lowest BCUT2D eigenvalue weighted by atomic mass is 10.2. The summed E-state index contributed by atoms with van der Waals surface area (Å²) < 4.78 is 76.9. The average Bonchev–Trinajstić information content (AvgIpc) is 2.58. The molecule has 0 aliphatic carbocycles. The van der Waals surface area contributed by atoms with Crippen LogP contribution in [-0.4, -0.2) is 9.97 Å². The first-order valence-electron chi connectivity index (χ1n) is 6.42. The van der Waals surface area contributed by atoms with Gasteiger partial charge in [0.15, 0.2) is 11.4 Å². The Labute approximate surface area is 141 Å². The molecule has 0 unspecified atom stereocenters. The summed E-state index contributed by atoms with van der Waals surface area (Å²) in [7, 11) is 0. The Morgan fingerprint density at radius 2 is 1.08 bits per heavy atom. The van der Waals surface area contributed by atoms with Gasteiger partial charge in [0.05, 0.1) is 23.5 Å². The van der Waals surface area contributed by atoms with Crippen LogP contribution in [0.25, 0.3) is 0 Å². The fraction of sp³-hybridized carbons (Fsp3) is 0.143. The third-order valence-electron chi connectivity index (χ3n) is 2.85. The topological polar surface area (TPSA) is 98.1 Å². The summed E-state index contributed by atoms with van der Waals surface area (Å²) in [4.78, 5) is 6.57. The molecule has 12 heteroatoms. The van der Waals surface area contributed by atoms with E-state index in [1.165, 1.54) is 12.1 Å². The number of azo groups is 1. The summed E-state index contributed by atoms with van der Waals surface area (Å²) >= 11 is 0. The van der Waals surface area contributed by atoms with Gasteiger partial charge >= 0.3 is 12.4 Å². The van der Waals surface area contributed by atoms with E-state index in [-0.39, 0.29) is 0 Å². The van der Waals surface area contributed by atoms with Gasteiger partial charge in [0, 0.05) is 0 Å². The number of rotatable bonds is 2. The highest BCUT2D eigenvalue weighted by molar-refractivity contribution is 5.47. The molecule has 2 heterocycles. The first-order chi connectivity index (χ1) is 12.1. The van der Waals surface area contributed by atoms with Crippen molar-refractivity contribution in [3.63, 3.8) is 0 Å². The molecule has 0 aromatic carbocycles. The number of aromatic nitrogens is 2. The summed E-state index contributed by atoms with van der Waals surface area (Å²) in [6.45, 7) is 0. The maximum atomic E-state index is 12.8. The van der Waals surface area contributed by atoms with Gasteiger partial charge in [-0.15, -0.1) is 10.2 Å². The number of halogens is 6. The molecule has 0 bridgehead atoms. The molecule has 132 valence electrons. The highest BCUT2D eigenvalue weighted by Crippen LogP contribution is 2.35. The largest absolute Gasteiger partial charge is 0.419 e. The Bertz CT molecular complexity index is 871. The number of alkyl halides is 6. The molecule has 2 rings (SSSR count). The molecule has 0 N–H and O–H groups in total. The van der Waals surface area contributed by atoms with Gasteiger partial charge in [0.25, 0.3) is 0 Å². The molecule has 0 aliphatic rings. The second kappa shape index (κ2) is 6.76. The predicted molar refractivity (Wildman–Crippen MR) is 72.1 cm³/mol. The second-order valence-electron chi connectivity index (χ2n) is 4.60. The van der Waals surface area contributed by atoms with Crippen LogP contribution in [0, 0.1) is 22.7 Å². The van der Waals surface area contributed by atoms with Crippen molar-refractivity contribution in [3.05, 3.63) is 47.0 Å². The van der Waals surface area contributed by atoms with Crippen LogP contribution in [0.2, 0.25) is 0 Å². The van der Waals surface area contributed by atoms with Gasteiger partial charge in [0.2, 0.25) is 0 Å². The highest BCUT2D eigenvalue weighted by Gasteiger charge is 2.35. The lowest BCUT2D eigenvalue weighted by Gasteiger charge is -2.08. The molecule has 0 saturated heterocycles. The lowest BCUT2D eigenvalue weighted by Crippen LogP contribution is -2.09. The van der Waals surface area contributed by atoms with E-state index < -0.39 is 46.2 Å². The molecule has 0 fully saturated rings. The second-order valence-corrected chi connectivity index (χ2v) is 4.60. The van der Waals surface area contributed by atoms with Crippen molar-refractivity contribution in [2.75, 3.05) is 0 Å². The SMILES string of the molecule is N#Cc1ncc(N=Nc2cnc(C#N)c(C(F)(F)F)c2)cc1C(F)(F)F. The van der Waals surface area contributed by atoms with E-state index in [4.69, 9.17) is 10.5 Å². The quantitative estimate of drug-likeness (QED) is 0.566. The van der Waals surface area contributed by atoms with Gasteiger partial charge in [-0.2, -0.15) is 36.9 Å². The third kappa shape index (κ3) is 4.10. The lowest BCUT2D eigenvalue weighted by molar-refractivity contribution is -0.138. The number of nitrogens with zero attached hydrogens (tertiary/aromatic N) is 6. The first kappa shape index (κ1) is 18.8. The summed E-state index contributed by atoms with van der Waals surface area (Å²) in [6, 6.07) is 3.51. The van der Waals surface area contributed by atoms with Crippen LogP contribution in [0.3, 0.4) is 0 Å². The van der Waals surface area contributed by atoms with E-state index in [0.717, 1.165) is 12.4 Å². The number of hydrogen-bond donors (Lipinski definition) is 0. The highest BCUT2D eigenvalue weighted by atomic mass is 19.4. The van der Waals surface area contributed by atoms with Gasteiger partial charge in [-0.1, -0.05) is 0 Å². The Balaban J connectivity index is 2.43. The van der Waals surface area contributed by atoms with E-state index in [2.05, 4.69) is 20.2 Å². The maximum absolute atomic E-state index is 12.8. The molecule has 0 radical (unpaired) electrons. The third-order valence-corrected chi connectivity index (χ3v) is 2.85. The number of hydrogen-bond acceptors (Lipinski definition) is 6. The molecule has 0 amide bonds. The van der Waals surface area contributed by atoms with Crippen molar-refractivity contribution in [1.82, 2.24) is 9.97 Å². The minimum absolute atomic E-state index is 0.436. The summed E-state index contributed by atoms with van der Waals surface area (Å²) in [5, 5.41) is 24.0. The Hall–Kier alpha value is -3.54. The Kier molecular flexibility index (Phi) is 4.88. The zero-order chi connectivity index (χ0) is 19.5. The van der Waals surface area contributed by atoms with Crippen molar-refractivity contribution < 1.29 is 26.3 Å². The van der Waals surface area contributed by atoms with Crippen LogP contribution in [0.4, 0.5) is 37.7 Å². The van der Waals surface area contributed by atoms with Gasteiger partial charge in [0.1, 0.15) is 23.5 Å². The van der Waals surface area contributed by atoms with Crippen molar-refractivity contribution >= 4 is 11.4 Å². The number of nitriles is 2. The zero-order valence-electron chi connectivity index (χ0n) is 12.3. The fourth-order valence-electron chi connectivity index (χ4n) is 1.74. The molecule has 2 aromatic heterocycles.